The van der Waals surface area contributed by atoms with Crippen molar-refractivity contribution in [1.29, 1.82) is 5.26 Å². The highest BCUT2D eigenvalue weighted by molar-refractivity contribution is 5.96. The minimum atomic E-state index is -4.54. The lowest BCUT2D eigenvalue weighted by Gasteiger charge is -2.16. The lowest BCUT2D eigenvalue weighted by atomic mass is 10.0. The molecule has 0 saturated carbocycles. The van der Waals surface area contributed by atoms with Gasteiger partial charge < -0.3 is 11.1 Å². The molecular weight excluding hydrogens is 271 g/mol. The molecule has 0 spiro atoms. The van der Waals surface area contributed by atoms with Gasteiger partial charge in [0.2, 0.25) is 5.91 Å². The molecule has 0 radical (unpaired) electrons. The van der Waals surface area contributed by atoms with Crippen LogP contribution in [0.1, 0.15) is 25.0 Å². The summed E-state index contributed by atoms with van der Waals surface area (Å²) >= 11 is 0. The fourth-order valence-electron chi connectivity index (χ4n) is 1.44. The van der Waals surface area contributed by atoms with Crippen LogP contribution in [-0.4, -0.2) is 11.9 Å². The summed E-state index contributed by atoms with van der Waals surface area (Å²) < 4.78 is 37.5. The van der Waals surface area contributed by atoms with Crippen LogP contribution in [0.4, 0.5) is 18.9 Å². The van der Waals surface area contributed by atoms with Crippen LogP contribution in [0, 0.1) is 17.2 Å². The first-order valence-electron chi connectivity index (χ1n) is 5.84. The van der Waals surface area contributed by atoms with Crippen molar-refractivity contribution >= 4 is 11.6 Å². The number of carbonyl (C=O) groups excluding carboxylic acids is 1. The van der Waals surface area contributed by atoms with Crippen molar-refractivity contribution in [2.24, 2.45) is 11.7 Å². The number of nitrogens with one attached hydrogen (secondary N) is 1. The van der Waals surface area contributed by atoms with Crippen molar-refractivity contribution in [1.82, 2.24) is 0 Å². The monoisotopic (exact) mass is 285 g/mol. The molecule has 1 aromatic rings. The van der Waals surface area contributed by atoms with Crippen molar-refractivity contribution in [2.45, 2.75) is 26.1 Å². The molecule has 108 valence electrons. The maximum Gasteiger partial charge on any atom is 0.416 e. The molecule has 0 aliphatic carbocycles. The summed E-state index contributed by atoms with van der Waals surface area (Å²) in [5, 5.41) is 11.2. The second kappa shape index (κ2) is 5.92. The first-order valence-corrected chi connectivity index (χ1v) is 5.84. The van der Waals surface area contributed by atoms with E-state index in [4.69, 9.17) is 11.0 Å². The average molecular weight is 285 g/mol. The molecule has 0 saturated heterocycles. The predicted octanol–water partition coefficient (Wildman–Crippen LogP) is 2.50. The zero-order valence-corrected chi connectivity index (χ0v) is 11.0. The molecular formula is C13H14F3N3O. The Labute approximate surface area is 114 Å². The Morgan fingerprint density at radius 2 is 2.00 bits per heavy atom. The number of nitrogens with zero attached hydrogens (tertiary/aromatic N) is 1. The Balaban J connectivity index is 3.04. The lowest BCUT2D eigenvalue weighted by molar-refractivity contribution is -0.137. The fourth-order valence-corrected chi connectivity index (χ4v) is 1.44. The smallest absolute Gasteiger partial charge is 0.324 e. The van der Waals surface area contributed by atoms with E-state index in [0.717, 1.165) is 12.1 Å². The molecule has 0 bridgehead atoms. The van der Waals surface area contributed by atoms with Gasteiger partial charge in [-0.1, -0.05) is 13.8 Å². The van der Waals surface area contributed by atoms with E-state index in [1.54, 1.807) is 19.9 Å². The van der Waals surface area contributed by atoms with Gasteiger partial charge in [-0.3, -0.25) is 4.79 Å². The molecule has 0 aliphatic rings. The summed E-state index contributed by atoms with van der Waals surface area (Å²) in [5.74, 6) is -0.675. The van der Waals surface area contributed by atoms with Crippen molar-refractivity contribution in [3.05, 3.63) is 29.3 Å². The van der Waals surface area contributed by atoms with Gasteiger partial charge in [-0.25, -0.2) is 0 Å². The summed E-state index contributed by atoms with van der Waals surface area (Å²) in [6.07, 6.45) is -4.54. The highest BCUT2D eigenvalue weighted by atomic mass is 19.4. The number of amides is 1. The molecule has 7 heteroatoms. The molecule has 20 heavy (non-hydrogen) atoms. The number of benzene rings is 1. The third kappa shape index (κ3) is 3.71. The van der Waals surface area contributed by atoms with E-state index < -0.39 is 23.7 Å². The summed E-state index contributed by atoms with van der Waals surface area (Å²) in [6, 6.07) is 3.37. The second-order valence-electron chi connectivity index (χ2n) is 4.63. The third-order valence-corrected chi connectivity index (χ3v) is 2.75. The first-order chi connectivity index (χ1) is 9.16. The Morgan fingerprint density at radius 1 is 1.40 bits per heavy atom. The van der Waals surface area contributed by atoms with Gasteiger partial charge in [-0.2, -0.15) is 18.4 Å². The fraction of sp³-hybridized carbons (Fsp3) is 0.385. The van der Waals surface area contributed by atoms with E-state index >= 15 is 0 Å². The molecule has 1 aromatic carbocycles. The van der Waals surface area contributed by atoms with Gasteiger partial charge in [0, 0.05) is 0 Å². The average Bonchev–Trinajstić information content (AvgIpc) is 2.36. The largest absolute Gasteiger partial charge is 0.416 e. The van der Waals surface area contributed by atoms with Gasteiger partial charge in [-0.05, 0) is 24.1 Å². The maximum absolute atomic E-state index is 12.5. The highest BCUT2D eigenvalue weighted by Gasteiger charge is 2.31. The van der Waals surface area contributed by atoms with Crippen LogP contribution >= 0.6 is 0 Å². The van der Waals surface area contributed by atoms with Crippen molar-refractivity contribution in [2.75, 3.05) is 5.32 Å². The number of carbonyl (C=O) groups is 1. The third-order valence-electron chi connectivity index (χ3n) is 2.75. The summed E-state index contributed by atoms with van der Waals surface area (Å²) in [7, 11) is 0. The van der Waals surface area contributed by atoms with E-state index in [0.29, 0.717) is 6.07 Å². The Morgan fingerprint density at radius 3 is 2.45 bits per heavy atom. The van der Waals surface area contributed by atoms with Crippen molar-refractivity contribution in [3.63, 3.8) is 0 Å². The quantitative estimate of drug-likeness (QED) is 0.895. The summed E-state index contributed by atoms with van der Waals surface area (Å²) in [4.78, 5) is 11.7. The highest BCUT2D eigenvalue weighted by Crippen LogP contribution is 2.31. The summed E-state index contributed by atoms with van der Waals surface area (Å²) in [5.41, 5.74) is 4.43. The van der Waals surface area contributed by atoms with Gasteiger partial charge in [0.05, 0.1) is 22.9 Å². The minimum Gasteiger partial charge on any atom is -0.324 e. The SMILES string of the molecule is CC(C)[C@H](N)C(=O)Nc1ccc(C(F)(F)F)cc1C#N. The van der Waals surface area contributed by atoms with Crippen LogP contribution in [-0.2, 0) is 11.0 Å². The molecule has 0 aromatic heterocycles. The Bertz CT molecular complexity index is 547. The molecule has 0 unspecified atom stereocenters. The zero-order valence-electron chi connectivity index (χ0n) is 11.0. The number of hydrogen-bond acceptors (Lipinski definition) is 3. The lowest BCUT2D eigenvalue weighted by Crippen LogP contribution is -2.39. The van der Waals surface area contributed by atoms with Crippen molar-refractivity contribution < 1.29 is 18.0 Å². The normalized spacial score (nSPS) is 12.9. The molecule has 1 rings (SSSR count). The number of rotatable bonds is 3. The maximum atomic E-state index is 12.5. The standard InChI is InChI=1S/C13H14F3N3O/c1-7(2)11(18)12(20)19-10-4-3-9(13(14,15)16)5-8(10)6-17/h3-5,7,11H,18H2,1-2H3,(H,19,20)/t11-/m0/s1. The van der Waals surface area contributed by atoms with Crippen LogP contribution in [0.25, 0.3) is 0 Å². The van der Waals surface area contributed by atoms with E-state index in [-0.39, 0.29) is 17.2 Å². The van der Waals surface area contributed by atoms with Gasteiger partial charge in [0.25, 0.3) is 0 Å². The van der Waals surface area contributed by atoms with Crippen molar-refractivity contribution in [3.8, 4) is 6.07 Å². The molecule has 0 aliphatic heterocycles. The Kier molecular flexibility index (Phi) is 4.73. The zero-order chi connectivity index (χ0) is 15.5. The number of alkyl halides is 3. The Hall–Kier alpha value is -2.07. The van der Waals surface area contributed by atoms with E-state index in [1.165, 1.54) is 0 Å². The van der Waals surface area contributed by atoms with Gasteiger partial charge in [-0.15, -0.1) is 0 Å². The van der Waals surface area contributed by atoms with Gasteiger partial charge >= 0.3 is 6.18 Å². The van der Waals surface area contributed by atoms with Gasteiger partial charge in [0.1, 0.15) is 6.07 Å². The van der Waals surface area contributed by atoms with E-state index in [1.807, 2.05) is 0 Å². The molecule has 0 heterocycles. The number of hydrogen-bond donors (Lipinski definition) is 2. The van der Waals surface area contributed by atoms with Crippen LogP contribution < -0.4 is 11.1 Å². The van der Waals surface area contributed by atoms with E-state index in [9.17, 15) is 18.0 Å². The number of halogens is 3. The number of nitriles is 1. The number of anilines is 1. The second-order valence-corrected chi connectivity index (χ2v) is 4.63. The van der Waals surface area contributed by atoms with Crippen LogP contribution in [0.3, 0.4) is 0 Å². The molecule has 0 fully saturated rings. The summed E-state index contributed by atoms with van der Waals surface area (Å²) in [6.45, 7) is 3.48. The predicted molar refractivity (Wildman–Crippen MR) is 67.6 cm³/mol. The topological polar surface area (TPSA) is 78.9 Å². The van der Waals surface area contributed by atoms with Crippen LogP contribution in [0.2, 0.25) is 0 Å². The van der Waals surface area contributed by atoms with E-state index in [2.05, 4.69) is 5.32 Å². The number of nitrogens with two attached hydrogens (primary N) is 1. The van der Waals surface area contributed by atoms with Gasteiger partial charge in [0.15, 0.2) is 0 Å². The van der Waals surface area contributed by atoms with Crippen LogP contribution in [0.15, 0.2) is 18.2 Å². The first kappa shape index (κ1) is 16.0. The van der Waals surface area contributed by atoms with Crippen LogP contribution in [0.5, 0.6) is 0 Å². The molecule has 3 N–H and O–H groups in total. The molecule has 1 atom stereocenters. The minimum absolute atomic E-state index is 0.0154. The molecule has 1 amide bonds. The molecule has 4 nitrogen and oxygen atoms in total.